The first kappa shape index (κ1) is 16.1. The fourth-order valence-electron chi connectivity index (χ4n) is 3.51. The number of benzene rings is 1. The van der Waals surface area contributed by atoms with E-state index in [-0.39, 0.29) is 33.7 Å². The monoisotopic (exact) mass is 361 g/mol. The van der Waals surface area contributed by atoms with Crippen molar-refractivity contribution < 1.29 is 17.9 Å². The quantitative estimate of drug-likeness (QED) is 0.883. The standard InChI is InChI=1S/C17H19N3O4S/c1-20-14(15(21)12-9-5-6-10-13(12)25(20,22)23)17-19-18-16(24-17)11-7-3-2-4-8-11/h5-6,9-11,21H,2-4,7-8H2,1H3. The molecular formula is C17H19N3O4S. The van der Waals surface area contributed by atoms with E-state index in [0.717, 1.165) is 30.0 Å². The molecule has 1 aromatic carbocycles. The Balaban J connectivity index is 1.81. The molecule has 0 atom stereocenters. The third kappa shape index (κ3) is 2.52. The predicted molar refractivity (Wildman–Crippen MR) is 91.0 cm³/mol. The summed E-state index contributed by atoms with van der Waals surface area (Å²) in [6.45, 7) is 0. The van der Waals surface area contributed by atoms with Crippen molar-refractivity contribution >= 4 is 21.5 Å². The van der Waals surface area contributed by atoms with Gasteiger partial charge in [0.15, 0.2) is 11.5 Å². The molecule has 2 aromatic rings. The Bertz CT molecular complexity index is 942. The summed E-state index contributed by atoms with van der Waals surface area (Å²) in [6, 6.07) is 6.33. The van der Waals surface area contributed by atoms with Crippen LogP contribution in [0.4, 0.5) is 0 Å². The van der Waals surface area contributed by atoms with Crippen molar-refractivity contribution in [3.8, 4) is 0 Å². The molecule has 4 rings (SSSR count). The van der Waals surface area contributed by atoms with Crippen LogP contribution in [0.25, 0.3) is 11.5 Å². The summed E-state index contributed by atoms with van der Waals surface area (Å²) in [5.41, 5.74) is 0.265. The van der Waals surface area contributed by atoms with E-state index in [9.17, 15) is 13.5 Å². The van der Waals surface area contributed by atoms with Crippen LogP contribution in [0.1, 0.15) is 55.4 Å². The normalized spacial score (nSPS) is 20.6. The summed E-state index contributed by atoms with van der Waals surface area (Å²) in [5.74, 6) is 0.570. The lowest BCUT2D eigenvalue weighted by molar-refractivity contribution is 0.357. The van der Waals surface area contributed by atoms with Gasteiger partial charge < -0.3 is 9.52 Å². The van der Waals surface area contributed by atoms with Gasteiger partial charge in [0.1, 0.15) is 0 Å². The minimum absolute atomic E-state index is 0.0215. The number of sulfonamides is 1. The van der Waals surface area contributed by atoms with Crippen LogP contribution in [0.15, 0.2) is 33.6 Å². The maximum atomic E-state index is 12.7. The molecule has 1 N–H and O–H groups in total. The molecule has 0 bridgehead atoms. The molecule has 0 amide bonds. The van der Waals surface area contributed by atoms with Gasteiger partial charge in [0.05, 0.1) is 4.90 Å². The second kappa shape index (κ2) is 5.87. The molecular weight excluding hydrogens is 342 g/mol. The minimum atomic E-state index is -3.78. The molecule has 1 saturated carbocycles. The second-order valence-corrected chi connectivity index (χ2v) is 8.38. The average molecular weight is 361 g/mol. The summed E-state index contributed by atoms with van der Waals surface area (Å²) < 4.78 is 32.2. The molecule has 25 heavy (non-hydrogen) atoms. The van der Waals surface area contributed by atoms with Gasteiger partial charge in [-0.3, -0.25) is 4.31 Å². The van der Waals surface area contributed by atoms with Crippen LogP contribution < -0.4 is 0 Å². The second-order valence-electron chi connectivity index (χ2n) is 6.45. The number of rotatable bonds is 2. The Morgan fingerprint density at radius 1 is 1.16 bits per heavy atom. The van der Waals surface area contributed by atoms with Crippen molar-refractivity contribution in [3.05, 3.63) is 41.6 Å². The van der Waals surface area contributed by atoms with Crippen molar-refractivity contribution in [1.82, 2.24) is 14.5 Å². The van der Waals surface area contributed by atoms with Crippen LogP contribution >= 0.6 is 0 Å². The first-order chi connectivity index (χ1) is 12.0. The maximum absolute atomic E-state index is 12.7. The van der Waals surface area contributed by atoms with Crippen molar-refractivity contribution in [2.75, 3.05) is 7.05 Å². The van der Waals surface area contributed by atoms with Crippen LogP contribution in [-0.4, -0.2) is 35.1 Å². The highest BCUT2D eigenvalue weighted by Crippen LogP contribution is 2.39. The third-order valence-electron chi connectivity index (χ3n) is 4.92. The van der Waals surface area contributed by atoms with Gasteiger partial charge in [-0.25, -0.2) is 8.42 Å². The molecule has 0 spiro atoms. The maximum Gasteiger partial charge on any atom is 0.268 e. The highest BCUT2D eigenvalue weighted by Gasteiger charge is 2.37. The zero-order valence-electron chi connectivity index (χ0n) is 13.8. The van der Waals surface area contributed by atoms with Crippen LogP contribution in [0, 0.1) is 0 Å². The summed E-state index contributed by atoms with van der Waals surface area (Å²) in [7, 11) is -2.40. The first-order valence-electron chi connectivity index (χ1n) is 8.35. The number of aliphatic hydroxyl groups excluding tert-OH is 1. The van der Waals surface area contributed by atoms with E-state index in [2.05, 4.69) is 10.2 Å². The minimum Gasteiger partial charge on any atom is -0.505 e. The molecule has 1 fully saturated rings. The summed E-state index contributed by atoms with van der Waals surface area (Å²) in [4.78, 5) is 0.0609. The summed E-state index contributed by atoms with van der Waals surface area (Å²) >= 11 is 0. The number of aliphatic hydroxyl groups is 1. The molecule has 0 unspecified atom stereocenters. The van der Waals surface area contributed by atoms with E-state index in [1.165, 1.54) is 19.5 Å². The third-order valence-corrected chi connectivity index (χ3v) is 6.73. The van der Waals surface area contributed by atoms with E-state index < -0.39 is 10.0 Å². The SMILES string of the molecule is CN1C(c2nnc(C3CCCCC3)o2)=C(O)c2ccccc2S1(=O)=O. The molecule has 1 aromatic heterocycles. The van der Waals surface area contributed by atoms with E-state index in [1.54, 1.807) is 18.2 Å². The van der Waals surface area contributed by atoms with Gasteiger partial charge in [0, 0.05) is 18.5 Å². The Labute approximate surface area is 146 Å². The van der Waals surface area contributed by atoms with Crippen molar-refractivity contribution in [2.45, 2.75) is 42.9 Å². The van der Waals surface area contributed by atoms with Crippen molar-refractivity contribution in [1.29, 1.82) is 0 Å². The Kier molecular flexibility index (Phi) is 3.79. The van der Waals surface area contributed by atoms with E-state index >= 15 is 0 Å². The van der Waals surface area contributed by atoms with Gasteiger partial charge in [-0.15, -0.1) is 10.2 Å². The molecule has 0 radical (unpaired) electrons. The molecule has 8 heteroatoms. The van der Waals surface area contributed by atoms with Gasteiger partial charge in [0.2, 0.25) is 5.89 Å². The summed E-state index contributed by atoms with van der Waals surface area (Å²) in [6.07, 6.45) is 5.43. The summed E-state index contributed by atoms with van der Waals surface area (Å²) in [5, 5.41) is 18.8. The van der Waals surface area contributed by atoms with Crippen LogP contribution in [0.2, 0.25) is 0 Å². The highest BCUT2D eigenvalue weighted by molar-refractivity contribution is 7.89. The predicted octanol–water partition coefficient (Wildman–Crippen LogP) is 3.14. The van der Waals surface area contributed by atoms with Crippen LogP contribution in [-0.2, 0) is 10.0 Å². The van der Waals surface area contributed by atoms with Gasteiger partial charge >= 0.3 is 0 Å². The Morgan fingerprint density at radius 3 is 2.64 bits per heavy atom. The highest BCUT2D eigenvalue weighted by atomic mass is 32.2. The fraction of sp³-hybridized carbons (Fsp3) is 0.412. The number of fused-ring (bicyclic) bond motifs is 1. The van der Waals surface area contributed by atoms with Crippen LogP contribution in [0.5, 0.6) is 0 Å². The zero-order chi connectivity index (χ0) is 17.6. The molecule has 7 nitrogen and oxygen atoms in total. The lowest BCUT2D eigenvalue weighted by Gasteiger charge is -2.27. The number of aromatic nitrogens is 2. The van der Waals surface area contributed by atoms with Gasteiger partial charge in [-0.1, -0.05) is 31.4 Å². The Hall–Kier alpha value is -2.35. The lowest BCUT2D eigenvalue weighted by atomic mass is 9.89. The van der Waals surface area contributed by atoms with E-state index in [1.807, 2.05) is 0 Å². The van der Waals surface area contributed by atoms with Crippen molar-refractivity contribution in [3.63, 3.8) is 0 Å². The van der Waals surface area contributed by atoms with Gasteiger partial charge in [-0.2, -0.15) is 0 Å². The topological polar surface area (TPSA) is 96.5 Å². The average Bonchev–Trinajstić information content (AvgIpc) is 3.11. The smallest absolute Gasteiger partial charge is 0.268 e. The Morgan fingerprint density at radius 2 is 1.88 bits per heavy atom. The fourth-order valence-corrected chi connectivity index (χ4v) is 4.91. The molecule has 2 heterocycles. The van der Waals surface area contributed by atoms with E-state index in [4.69, 9.17) is 4.42 Å². The number of hydrogen-bond donors (Lipinski definition) is 1. The number of hydrogen-bond acceptors (Lipinski definition) is 6. The lowest BCUT2D eigenvalue weighted by Crippen LogP contribution is -2.30. The molecule has 2 aliphatic rings. The molecule has 0 saturated heterocycles. The first-order valence-corrected chi connectivity index (χ1v) is 9.79. The van der Waals surface area contributed by atoms with Gasteiger partial charge in [0.25, 0.3) is 15.9 Å². The van der Waals surface area contributed by atoms with Crippen molar-refractivity contribution in [2.24, 2.45) is 0 Å². The number of nitrogens with zero attached hydrogens (tertiary/aromatic N) is 3. The zero-order valence-corrected chi connectivity index (χ0v) is 14.7. The largest absolute Gasteiger partial charge is 0.505 e. The van der Waals surface area contributed by atoms with Crippen LogP contribution in [0.3, 0.4) is 0 Å². The molecule has 1 aliphatic heterocycles. The molecule has 132 valence electrons. The van der Waals surface area contributed by atoms with E-state index in [0.29, 0.717) is 5.89 Å². The van der Waals surface area contributed by atoms with Gasteiger partial charge in [-0.05, 0) is 25.0 Å². The molecule has 1 aliphatic carbocycles.